The van der Waals surface area contributed by atoms with Crippen molar-refractivity contribution >= 4 is 23.3 Å². The number of para-hydroxylation sites is 1. The summed E-state index contributed by atoms with van der Waals surface area (Å²) in [6.45, 7) is 4.03. The maximum absolute atomic E-state index is 11.9. The summed E-state index contributed by atoms with van der Waals surface area (Å²) in [6, 6.07) is 11.1. The minimum Gasteiger partial charge on any atom is -0.494 e. The van der Waals surface area contributed by atoms with Crippen LogP contribution in [0.2, 0.25) is 0 Å². The van der Waals surface area contributed by atoms with E-state index in [-0.39, 0.29) is 5.57 Å². The van der Waals surface area contributed by atoms with Gasteiger partial charge in [0.25, 0.3) is 0 Å². The summed E-state index contributed by atoms with van der Waals surface area (Å²) in [4.78, 5) is 23.0. The molecule has 0 fully saturated rings. The van der Waals surface area contributed by atoms with Gasteiger partial charge in [0.15, 0.2) is 0 Å². The molecule has 2 aromatic heterocycles. The number of nitrogens with one attached hydrogen (secondary N) is 2. The van der Waals surface area contributed by atoms with E-state index in [1.54, 1.807) is 19.2 Å². The molecular weight excluding hydrogens is 342 g/mol. The first-order valence-corrected chi connectivity index (χ1v) is 8.55. The molecule has 27 heavy (non-hydrogen) atoms. The van der Waals surface area contributed by atoms with E-state index in [2.05, 4.69) is 21.0 Å². The van der Waals surface area contributed by atoms with Gasteiger partial charge in [-0.15, -0.1) is 0 Å². The van der Waals surface area contributed by atoms with E-state index in [0.717, 1.165) is 22.3 Å². The summed E-state index contributed by atoms with van der Waals surface area (Å²) in [5.41, 5.74) is 3.75. The third kappa shape index (κ3) is 2.85. The van der Waals surface area contributed by atoms with Gasteiger partial charge in [0, 0.05) is 22.7 Å². The summed E-state index contributed by atoms with van der Waals surface area (Å²) in [5.74, 6) is -0.381. The molecule has 0 bridgehead atoms. The molecule has 0 saturated heterocycles. The predicted octanol–water partition coefficient (Wildman–Crippen LogP) is 0.474. The maximum atomic E-state index is 11.9. The van der Waals surface area contributed by atoms with E-state index in [1.165, 1.54) is 0 Å². The van der Waals surface area contributed by atoms with E-state index in [9.17, 15) is 9.90 Å². The van der Waals surface area contributed by atoms with Crippen LogP contribution in [0.15, 0.2) is 41.4 Å². The highest BCUT2D eigenvalue weighted by molar-refractivity contribution is 6.24. The number of carboxylic acid groups (broad SMARTS) is 1. The van der Waals surface area contributed by atoms with Crippen LogP contribution >= 0.6 is 0 Å². The average molecular weight is 361 g/mol. The summed E-state index contributed by atoms with van der Waals surface area (Å²) < 4.78 is 5.49. The van der Waals surface area contributed by atoms with E-state index in [4.69, 9.17) is 4.74 Å². The highest BCUT2D eigenvalue weighted by Crippen LogP contribution is 2.15. The maximum Gasteiger partial charge on any atom is 0.338 e. The van der Waals surface area contributed by atoms with Gasteiger partial charge in [-0.1, -0.05) is 18.2 Å². The number of aryl methyl sites for hydroxylation is 2. The van der Waals surface area contributed by atoms with Crippen molar-refractivity contribution in [3.8, 4) is 5.75 Å². The molecule has 0 saturated carbocycles. The minimum atomic E-state index is -1.01. The second-order valence-corrected chi connectivity index (χ2v) is 6.52. The molecule has 1 aliphatic rings. The van der Waals surface area contributed by atoms with E-state index in [0.29, 0.717) is 27.4 Å². The molecule has 4 rings (SSSR count). The van der Waals surface area contributed by atoms with E-state index < -0.39 is 5.97 Å². The normalized spacial score (nSPS) is 15.7. The Morgan fingerprint density at radius 2 is 1.96 bits per heavy atom. The summed E-state index contributed by atoms with van der Waals surface area (Å²) in [6.07, 6.45) is 1.95. The zero-order chi connectivity index (χ0) is 19.1. The van der Waals surface area contributed by atoms with Crippen LogP contribution in [0.25, 0.3) is 17.3 Å². The van der Waals surface area contributed by atoms with Gasteiger partial charge in [0.1, 0.15) is 11.4 Å². The lowest BCUT2D eigenvalue weighted by Crippen LogP contribution is -2.24. The van der Waals surface area contributed by atoms with E-state index in [1.807, 2.05) is 38.1 Å². The van der Waals surface area contributed by atoms with Crippen molar-refractivity contribution < 1.29 is 14.6 Å². The Bertz CT molecular complexity index is 1310. The van der Waals surface area contributed by atoms with Gasteiger partial charge in [-0.25, -0.2) is 9.79 Å². The fourth-order valence-electron chi connectivity index (χ4n) is 3.40. The molecule has 6 heteroatoms. The Labute approximate surface area is 154 Å². The molecule has 0 aliphatic carbocycles. The molecule has 136 valence electrons. The highest BCUT2D eigenvalue weighted by atomic mass is 16.5. The zero-order valence-corrected chi connectivity index (χ0v) is 15.3. The van der Waals surface area contributed by atoms with Crippen LogP contribution in [-0.4, -0.2) is 28.2 Å². The summed E-state index contributed by atoms with van der Waals surface area (Å²) >= 11 is 0. The lowest BCUT2D eigenvalue weighted by atomic mass is 10.1. The molecule has 0 unspecified atom stereocenters. The smallest absolute Gasteiger partial charge is 0.338 e. The van der Waals surface area contributed by atoms with Gasteiger partial charge in [-0.2, -0.15) is 0 Å². The Balaban J connectivity index is 2.02. The number of ether oxygens (including phenoxy) is 1. The van der Waals surface area contributed by atoms with Gasteiger partial charge >= 0.3 is 5.97 Å². The van der Waals surface area contributed by atoms with Gasteiger partial charge in [0.05, 0.1) is 28.7 Å². The van der Waals surface area contributed by atoms with Crippen molar-refractivity contribution in [2.45, 2.75) is 13.8 Å². The Hall–Kier alpha value is -3.54. The number of rotatable bonds is 3. The van der Waals surface area contributed by atoms with Gasteiger partial charge in [-0.3, -0.25) is 0 Å². The van der Waals surface area contributed by atoms with E-state index >= 15 is 0 Å². The first-order valence-electron chi connectivity index (χ1n) is 8.55. The second kappa shape index (κ2) is 6.32. The number of aliphatic carboxylic acids is 1. The van der Waals surface area contributed by atoms with Crippen LogP contribution in [0.1, 0.15) is 17.0 Å². The van der Waals surface area contributed by atoms with Crippen LogP contribution in [0.5, 0.6) is 5.75 Å². The third-order valence-electron chi connectivity index (χ3n) is 4.62. The fraction of sp³-hybridized carbons (Fsp3) is 0.143. The van der Waals surface area contributed by atoms with Crippen molar-refractivity contribution in [1.82, 2.24) is 9.97 Å². The van der Waals surface area contributed by atoms with Crippen molar-refractivity contribution in [2.24, 2.45) is 4.99 Å². The molecule has 1 aliphatic heterocycles. The Morgan fingerprint density at radius 3 is 2.63 bits per heavy atom. The topological polar surface area (TPSA) is 90.5 Å². The van der Waals surface area contributed by atoms with Crippen LogP contribution < -0.4 is 26.0 Å². The number of carbonyl (C=O) groups is 1. The number of fused-ring (bicyclic) bond motifs is 1. The van der Waals surface area contributed by atoms with Gasteiger partial charge < -0.3 is 19.8 Å². The molecule has 6 nitrogen and oxygen atoms in total. The van der Waals surface area contributed by atoms with Crippen LogP contribution in [-0.2, 0) is 4.79 Å². The molecule has 0 atom stereocenters. The predicted molar refractivity (Wildman–Crippen MR) is 102 cm³/mol. The number of hydrogen-bond acceptors (Lipinski definition) is 3. The first kappa shape index (κ1) is 16.9. The number of aromatic nitrogens is 2. The largest absolute Gasteiger partial charge is 0.494 e. The molecule has 0 radical (unpaired) electrons. The summed E-state index contributed by atoms with van der Waals surface area (Å²) in [7, 11) is 1.59. The Morgan fingerprint density at radius 1 is 1.19 bits per heavy atom. The third-order valence-corrected chi connectivity index (χ3v) is 4.62. The van der Waals surface area contributed by atoms with Crippen molar-refractivity contribution in [3.05, 3.63) is 74.6 Å². The van der Waals surface area contributed by atoms with Crippen LogP contribution in [0.4, 0.5) is 0 Å². The first-order chi connectivity index (χ1) is 13.0. The molecule has 0 spiro atoms. The lowest BCUT2D eigenvalue weighted by molar-refractivity contribution is -0.130. The summed E-state index contributed by atoms with van der Waals surface area (Å²) in [5, 5.41) is 12.4. The standard InChI is InChI=1S/C21H19N3O3/c1-11-8-12(2)22-15(11)9-16-18(27-3)10-17(23-16)20-19(21(25)26)13-6-4-5-7-14(13)24-20/h4-10,22-23H,1-3H3,(H,25,26)/b16-9-,20-17?. The molecule has 1 aromatic carbocycles. The number of nitrogens with zero attached hydrogens (tertiary/aromatic N) is 1. The fourth-order valence-corrected chi connectivity index (χ4v) is 3.40. The molecule has 3 N–H and O–H groups in total. The van der Waals surface area contributed by atoms with Crippen molar-refractivity contribution in [2.75, 3.05) is 7.11 Å². The number of aromatic amines is 2. The van der Waals surface area contributed by atoms with Crippen molar-refractivity contribution in [3.63, 3.8) is 0 Å². The number of methoxy groups -OCH3 is 1. The van der Waals surface area contributed by atoms with Gasteiger partial charge in [-0.05, 0) is 37.6 Å². The second-order valence-electron chi connectivity index (χ2n) is 6.52. The monoisotopic (exact) mass is 361 g/mol. The number of H-pyrrole nitrogens is 2. The molecule has 0 amide bonds. The Kier molecular flexibility index (Phi) is 3.96. The quantitative estimate of drug-likeness (QED) is 0.634. The highest BCUT2D eigenvalue weighted by Gasteiger charge is 2.21. The van der Waals surface area contributed by atoms with Crippen LogP contribution in [0, 0.1) is 13.8 Å². The molecule has 3 aromatic rings. The lowest BCUT2D eigenvalue weighted by Gasteiger charge is -1.96. The van der Waals surface area contributed by atoms with Crippen LogP contribution in [0.3, 0.4) is 0 Å². The SMILES string of the molecule is COc1cc(=C2N=c3ccccc3=C2C(=O)O)[nH]/c1=C\c1[nH]c(C)cc1C. The number of benzene rings is 1. The van der Waals surface area contributed by atoms with Gasteiger partial charge in [0.2, 0.25) is 0 Å². The minimum absolute atomic E-state index is 0.188. The molecule has 3 heterocycles. The molecular formula is C21H19N3O3. The van der Waals surface area contributed by atoms with Crippen molar-refractivity contribution in [1.29, 1.82) is 0 Å². The zero-order valence-electron chi connectivity index (χ0n) is 15.3. The number of carboxylic acids is 1. The number of hydrogen-bond donors (Lipinski definition) is 3. The average Bonchev–Trinajstić information content (AvgIpc) is 3.29.